The molecule has 0 unspecified atom stereocenters. The average molecular weight is 1150 g/mol. The third-order valence-electron chi connectivity index (χ3n) is 14.4. The molecule has 3 aliphatic heterocycles. The molecule has 0 spiro atoms. The molecule has 0 saturated carbocycles. The first-order valence-electron chi connectivity index (χ1n) is 31.7. The Morgan fingerprint density at radius 3 is 1.93 bits per heavy atom. The van der Waals surface area contributed by atoms with Crippen LogP contribution in [0.15, 0.2) is 212 Å². The minimum atomic E-state index is -3.12. The number of hydrogen-bond acceptors (Lipinski definition) is 4. The first kappa shape index (κ1) is 31.4. The fraction of sp³-hybridized carbons (Fsp3) is 0.0909. The van der Waals surface area contributed by atoms with Gasteiger partial charge in [-0.3, -0.25) is 0 Å². The number of rotatable bonds is 7. The molecule has 0 amide bonds. The zero-order valence-corrected chi connectivity index (χ0v) is 42.3. The van der Waals surface area contributed by atoms with Crippen LogP contribution < -0.4 is 19.8 Å². The molecule has 6 nitrogen and oxygen atoms in total. The summed E-state index contributed by atoms with van der Waals surface area (Å²) >= 11 is 2.18. The monoisotopic (exact) mass is 1150 g/mol. The van der Waals surface area contributed by atoms with E-state index in [1.54, 1.807) is 30.3 Å². The van der Waals surface area contributed by atoms with Crippen LogP contribution in [-0.2, 0) is 24.8 Å². The van der Waals surface area contributed by atoms with Gasteiger partial charge in [0, 0.05) is 11.3 Å². The number of ether oxygens (including phenoxy) is 1. The second kappa shape index (κ2) is 16.9. The number of aromatic nitrogens is 3. The first-order chi connectivity index (χ1) is 42.3. The Morgan fingerprint density at radius 1 is 0.527 bits per heavy atom. The predicted molar refractivity (Wildman–Crippen MR) is 302 cm³/mol. The molecule has 0 bridgehead atoms. The fourth-order valence-corrected chi connectivity index (χ4v) is 12.1. The number of para-hydroxylation sites is 6. The molecule has 0 saturated heterocycles. The summed E-state index contributed by atoms with van der Waals surface area (Å²) in [7, 11) is 0. The van der Waals surface area contributed by atoms with Crippen LogP contribution >= 0.6 is 0 Å². The molecule has 9 aromatic carbocycles. The van der Waals surface area contributed by atoms with Crippen LogP contribution in [0.25, 0.3) is 78.0 Å². The van der Waals surface area contributed by atoms with E-state index in [2.05, 4.69) is 74.0 Å². The van der Waals surface area contributed by atoms with Crippen LogP contribution in [0.1, 0.15) is 58.0 Å². The molecule has 8 heteroatoms. The quantitative estimate of drug-likeness (QED) is 0.149. The third kappa shape index (κ3) is 6.76. The standard InChI is InChI=1S/C66H50BN5O.Pt/c1-42-20-9-10-25-48(42)55-40-54-53-30-19-29-52-51-26-11-12-31-56(51)71-59-34-15-16-35-60(59)72(67(71)62(52)53)64(54)68-65(55)73-61-39-47(37-36-43(61)2)69-41-70(58-33-14-13-32-57(58)69)63-49(44-21-7-6-8-22-44)27-18-28-50(63)45-23-17-24-46(38-45)66(3,4)5;/h6-40H,1-5H3;/i1D3,2D3,6D,7D,8D,9D,10D,20D,21D,22D,25D;. The summed E-state index contributed by atoms with van der Waals surface area (Å²) in [4.78, 5) is 9.67. The molecule has 0 atom stereocenters. The molecule has 3 aliphatic rings. The summed E-state index contributed by atoms with van der Waals surface area (Å²) in [6, 6.07) is 43.9. The molecule has 2 aromatic heterocycles. The Labute approximate surface area is 464 Å². The summed E-state index contributed by atoms with van der Waals surface area (Å²) in [5, 5.41) is 0. The van der Waals surface area contributed by atoms with Crippen molar-refractivity contribution in [1.29, 1.82) is 0 Å². The van der Waals surface area contributed by atoms with Crippen LogP contribution in [0.5, 0.6) is 11.6 Å². The molecule has 74 heavy (non-hydrogen) atoms. The van der Waals surface area contributed by atoms with Gasteiger partial charge < -0.3 is 0 Å². The number of imidazole rings is 1. The van der Waals surface area contributed by atoms with Crippen molar-refractivity contribution in [2.24, 2.45) is 0 Å². The fourth-order valence-electron chi connectivity index (χ4n) is 11.0. The predicted octanol–water partition coefficient (Wildman–Crippen LogP) is 16.2. The van der Waals surface area contributed by atoms with E-state index in [4.69, 9.17) is 26.2 Å². The number of anilines is 4. The zero-order valence-electron chi connectivity index (χ0n) is 55.0. The van der Waals surface area contributed by atoms with Crippen molar-refractivity contribution >= 4 is 46.4 Å². The zero-order chi connectivity index (χ0) is 62.8. The maximum atomic E-state index is 9.53. The summed E-state index contributed by atoms with van der Waals surface area (Å²) in [6.45, 7) is -0.135. The van der Waals surface area contributed by atoms with Gasteiger partial charge in [0.1, 0.15) is 0 Å². The van der Waals surface area contributed by atoms with E-state index in [-0.39, 0.29) is 33.7 Å². The van der Waals surface area contributed by atoms with E-state index in [0.717, 1.165) is 50.3 Å². The Morgan fingerprint density at radius 2 is 1.16 bits per heavy atom. The van der Waals surface area contributed by atoms with Crippen molar-refractivity contribution in [1.82, 2.24) is 14.1 Å². The first-order valence-corrected chi connectivity index (χ1v) is 25.3. The molecular weight excluding hydrogens is 1080 g/mol. The van der Waals surface area contributed by atoms with Crippen molar-refractivity contribution < 1.29 is 44.7 Å². The summed E-state index contributed by atoms with van der Waals surface area (Å²) in [6.07, 6.45) is 0. The van der Waals surface area contributed by atoms with E-state index >= 15 is 0 Å². The van der Waals surface area contributed by atoms with E-state index in [1.807, 2.05) is 106 Å². The molecule has 11 aromatic rings. The number of fused-ring (bicyclic) bond motifs is 10. The van der Waals surface area contributed by atoms with Crippen molar-refractivity contribution in [3.05, 3.63) is 233 Å². The topological polar surface area (TPSA) is 38.5 Å². The molecule has 0 aliphatic carbocycles. The Kier molecular flexibility index (Phi) is 7.17. The Hall–Kier alpha value is -8.25. The van der Waals surface area contributed by atoms with Crippen LogP contribution in [0.2, 0.25) is 0 Å². The summed E-state index contributed by atoms with van der Waals surface area (Å²) < 4.78 is 146. The Balaban J connectivity index is 1.04. The van der Waals surface area contributed by atoms with Crippen LogP contribution in [0.4, 0.5) is 22.9 Å². The number of nitrogens with zero attached hydrogens (tertiary/aromatic N) is 5. The van der Waals surface area contributed by atoms with Crippen LogP contribution in [0, 0.1) is 17.5 Å². The van der Waals surface area contributed by atoms with Gasteiger partial charge in [-0.1, -0.05) is 42.5 Å². The van der Waals surface area contributed by atoms with E-state index in [1.165, 1.54) is 6.07 Å². The average Bonchev–Trinajstić information content (AvgIpc) is 1.62. The normalized spacial score (nSPS) is 16.2. The molecule has 0 N–H and O–H groups in total. The molecule has 0 fully saturated rings. The van der Waals surface area contributed by atoms with Gasteiger partial charge in [0.25, 0.3) is 0 Å². The molecular formula is C66H50BN5OPt. The molecule has 358 valence electrons. The van der Waals surface area contributed by atoms with Crippen LogP contribution in [-0.4, -0.2) is 21.1 Å². The minimum absolute atomic E-state index is 0.0152. The number of benzene rings is 9. The van der Waals surface area contributed by atoms with Crippen molar-refractivity contribution in [3.63, 3.8) is 0 Å². The second-order valence-electron chi connectivity index (χ2n) is 19.6. The Bertz CT molecular complexity index is 4950. The van der Waals surface area contributed by atoms with E-state index in [0.29, 0.717) is 48.7 Å². The van der Waals surface area contributed by atoms with Crippen LogP contribution in [0.3, 0.4) is 0 Å². The molecule has 14 rings (SSSR count). The summed E-state index contributed by atoms with van der Waals surface area (Å²) in [5.41, 5.74) is 9.86. The van der Waals surface area contributed by atoms with Gasteiger partial charge in [0.2, 0.25) is 0 Å². The van der Waals surface area contributed by atoms with Crippen molar-refractivity contribution in [2.45, 2.75) is 39.9 Å². The van der Waals surface area contributed by atoms with Gasteiger partial charge in [-0.2, -0.15) is 0 Å². The van der Waals surface area contributed by atoms with E-state index < -0.39 is 86.2 Å². The van der Waals surface area contributed by atoms with Gasteiger partial charge >= 0.3 is 393 Å². The molecule has 5 heterocycles. The molecule has 0 radical (unpaired) electrons. The van der Waals surface area contributed by atoms with Gasteiger partial charge in [0.15, 0.2) is 0 Å². The number of hydrogen-bond donors (Lipinski definition) is 0. The summed E-state index contributed by atoms with van der Waals surface area (Å²) in [5.74, 6) is -0.226. The van der Waals surface area contributed by atoms with Crippen molar-refractivity contribution in [3.8, 4) is 78.6 Å². The number of pyridine rings is 1. The number of aryl methyl sites for hydroxylation is 1. The maximum absolute atomic E-state index is 9.53. The van der Waals surface area contributed by atoms with Gasteiger partial charge in [0.05, 0.1) is 1.37 Å². The van der Waals surface area contributed by atoms with Gasteiger partial charge in [-0.15, -0.1) is 0 Å². The van der Waals surface area contributed by atoms with Crippen molar-refractivity contribution in [2.75, 3.05) is 9.62 Å². The second-order valence-corrected chi connectivity index (χ2v) is 20.6. The van der Waals surface area contributed by atoms with Gasteiger partial charge in [-0.25, -0.2) is 0 Å². The van der Waals surface area contributed by atoms with E-state index in [9.17, 15) is 4.11 Å². The van der Waals surface area contributed by atoms with Gasteiger partial charge in [-0.05, 0) is 17.7 Å². The third-order valence-corrected chi connectivity index (χ3v) is 15.4. The SMILES string of the molecule is [2H]c1c([2H])c([2H])c(-c2cccc(-c3cccc(C(C)(C)C)c3)c2-n2[c](=[Pt])n(-c3ccc(C([2H])([2H])[2H])c(Oc4nc5c(cc4-c4c([2H])c([2H])c([2H])c([2H])c4C([2H])([2H])[2H])-c4cccc6c4B4N(c7ccccc7-6)c6ccccc6N45)c3)c3ccccc32)c([2H])c1[2H].